The van der Waals surface area contributed by atoms with Crippen molar-refractivity contribution in [2.75, 3.05) is 13.2 Å². The minimum Gasteiger partial charge on any atom is -0.490 e. The van der Waals surface area contributed by atoms with Gasteiger partial charge in [0, 0.05) is 27.9 Å². The van der Waals surface area contributed by atoms with Crippen LogP contribution in [0.4, 0.5) is 0 Å². The lowest BCUT2D eigenvalue weighted by Crippen LogP contribution is -1.97. The third-order valence-electron chi connectivity index (χ3n) is 2.52. The molecule has 0 radical (unpaired) electrons. The van der Waals surface area contributed by atoms with Crippen LogP contribution >= 0.6 is 15.9 Å². The number of hydrogen-bond donors (Lipinski definition) is 0. The maximum atomic E-state index is 5.62. The molecule has 88 valence electrons. The number of halogens is 1. The monoisotopic (exact) mass is 295 g/mol. The Morgan fingerprint density at radius 2 is 1.94 bits per heavy atom. The summed E-state index contributed by atoms with van der Waals surface area (Å²) in [5.74, 6) is 1.55. The molecule has 0 saturated carbocycles. The van der Waals surface area contributed by atoms with Crippen molar-refractivity contribution in [3.8, 4) is 22.8 Å². The molecular weight excluding hydrogens is 286 g/mol. The molecule has 0 fully saturated rings. The lowest BCUT2D eigenvalue weighted by Gasteiger charge is -2.07. The molecule has 1 aliphatic rings. The number of ether oxygens (including phenoxy) is 2. The molecule has 0 bridgehead atoms. The van der Waals surface area contributed by atoms with Crippen molar-refractivity contribution in [3.05, 3.63) is 29.3 Å². The van der Waals surface area contributed by atoms with E-state index in [1.165, 1.54) is 0 Å². The first-order chi connectivity index (χ1) is 8.33. The smallest absolute Gasteiger partial charge is 0.264 e. The van der Waals surface area contributed by atoms with E-state index in [4.69, 9.17) is 13.9 Å². The first-order valence-corrected chi connectivity index (χ1v) is 6.13. The molecule has 0 aliphatic carbocycles. The van der Waals surface area contributed by atoms with Gasteiger partial charge in [0.25, 0.3) is 4.80 Å². The number of oxazole rings is 1. The molecule has 1 aliphatic heterocycles. The van der Waals surface area contributed by atoms with E-state index < -0.39 is 0 Å². The van der Waals surface area contributed by atoms with Crippen LogP contribution in [0.3, 0.4) is 0 Å². The number of benzene rings is 1. The second-order valence-corrected chi connectivity index (χ2v) is 4.38. The number of aromatic nitrogens is 1. The van der Waals surface area contributed by atoms with Crippen molar-refractivity contribution in [2.45, 2.75) is 6.42 Å². The molecule has 0 unspecified atom stereocenters. The van der Waals surface area contributed by atoms with Gasteiger partial charge in [-0.2, -0.15) is 0 Å². The lowest BCUT2D eigenvalue weighted by molar-refractivity contribution is 0.297. The molecule has 1 aromatic heterocycles. The van der Waals surface area contributed by atoms with Crippen LogP contribution in [0, 0.1) is 0 Å². The standard InChI is InChI=1S/C12H10BrNO3/c13-12-14-9(7-17-12)8-2-3-10-11(6-8)16-5-1-4-15-10/h2-3,6-7H,1,4-5H2. The van der Waals surface area contributed by atoms with E-state index >= 15 is 0 Å². The second kappa shape index (κ2) is 4.41. The quantitative estimate of drug-likeness (QED) is 0.810. The summed E-state index contributed by atoms with van der Waals surface area (Å²) >= 11 is 3.18. The largest absolute Gasteiger partial charge is 0.490 e. The molecule has 2 aromatic rings. The maximum Gasteiger partial charge on any atom is 0.264 e. The van der Waals surface area contributed by atoms with Crippen molar-refractivity contribution >= 4 is 15.9 Å². The summed E-state index contributed by atoms with van der Waals surface area (Å²) in [6, 6.07) is 5.77. The molecule has 0 amide bonds. The highest BCUT2D eigenvalue weighted by Crippen LogP contribution is 2.34. The number of hydrogen-bond acceptors (Lipinski definition) is 4. The summed E-state index contributed by atoms with van der Waals surface area (Å²) in [4.78, 5) is 4.68. The second-order valence-electron chi connectivity index (χ2n) is 3.70. The maximum absolute atomic E-state index is 5.62. The molecule has 0 spiro atoms. The summed E-state index contributed by atoms with van der Waals surface area (Å²) in [5, 5.41) is 0. The predicted molar refractivity (Wildman–Crippen MR) is 65.2 cm³/mol. The van der Waals surface area contributed by atoms with E-state index in [-0.39, 0.29) is 0 Å². The van der Waals surface area contributed by atoms with E-state index in [1.807, 2.05) is 18.2 Å². The van der Waals surface area contributed by atoms with Crippen LogP contribution in [0.1, 0.15) is 6.42 Å². The van der Waals surface area contributed by atoms with Crippen molar-refractivity contribution in [1.29, 1.82) is 0 Å². The Balaban J connectivity index is 2.00. The predicted octanol–water partition coefficient (Wildman–Crippen LogP) is 3.27. The lowest BCUT2D eigenvalue weighted by atomic mass is 10.1. The van der Waals surface area contributed by atoms with Gasteiger partial charge in [0.1, 0.15) is 12.0 Å². The van der Waals surface area contributed by atoms with Gasteiger partial charge in [-0.05, 0) is 18.2 Å². The summed E-state index contributed by atoms with van der Waals surface area (Å²) in [6.45, 7) is 1.38. The SMILES string of the molecule is Brc1nc(-c2ccc3c(c2)OCCCO3)co1. The molecule has 0 saturated heterocycles. The molecule has 1 aromatic carbocycles. The molecular formula is C12H10BrNO3. The third-order valence-corrected chi connectivity index (χ3v) is 2.88. The zero-order chi connectivity index (χ0) is 11.7. The van der Waals surface area contributed by atoms with Gasteiger partial charge in [-0.15, -0.1) is 0 Å². The fourth-order valence-corrected chi connectivity index (χ4v) is 1.99. The topological polar surface area (TPSA) is 44.5 Å². The summed E-state index contributed by atoms with van der Waals surface area (Å²) < 4.78 is 16.3. The molecule has 5 heteroatoms. The first-order valence-electron chi connectivity index (χ1n) is 5.34. The zero-order valence-corrected chi connectivity index (χ0v) is 10.6. The van der Waals surface area contributed by atoms with Gasteiger partial charge in [0.05, 0.1) is 13.2 Å². The Labute approximate surface area is 107 Å². The Morgan fingerprint density at radius 3 is 2.71 bits per heavy atom. The van der Waals surface area contributed by atoms with Crippen LogP contribution in [0.25, 0.3) is 11.3 Å². The van der Waals surface area contributed by atoms with Crippen LogP contribution in [-0.4, -0.2) is 18.2 Å². The Morgan fingerprint density at radius 1 is 1.12 bits per heavy atom. The van der Waals surface area contributed by atoms with Crippen molar-refractivity contribution in [2.24, 2.45) is 0 Å². The van der Waals surface area contributed by atoms with E-state index in [0.717, 1.165) is 29.2 Å². The van der Waals surface area contributed by atoms with E-state index in [9.17, 15) is 0 Å². The van der Waals surface area contributed by atoms with E-state index in [2.05, 4.69) is 20.9 Å². The minimum absolute atomic E-state index is 0.472. The van der Waals surface area contributed by atoms with E-state index in [0.29, 0.717) is 18.0 Å². The molecule has 4 nitrogen and oxygen atoms in total. The highest BCUT2D eigenvalue weighted by atomic mass is 79.9. The van der Waals surface area contributed by atoms with Crippen molar-refractivity contribution in [1.82, 2.24) is 4.98 Å². The van der Waals surface area contributed by atoms with Gasteiger partial charge in [-0.1, -0.05) is 0 Å². The molecule has 2 heterocycles. The molecule has 17 heavy (non-hydrogen) atoms. The Kier molecular flexibility index (Phi) is 2.76. The highest BCUT2D eigenvalue weighted by molar-refractivity contribution is 9.10. The van der Waals surface area contributed by atoms with E-state index in [1.54, 1.807) is 6.26 Å². The average molecular weight is 296 g/mol. The zero-order valence-electron chi connectivity index (χ0n) is 8.98. The highest BCUT2D eigenvalue weighted by Gasteiger charge is 2.12. The molecule has 3 rings (SSSR count). The normalized spacial score (nSPS) is 14.4. The van der Waals surface area contributed by atoms with Crippen LogP contribution < -0.4 is 9.47 Å². The molecule has 0 N–H and O–H groups in total. The fraction of sp³-hybridized carbons (Fsp3) is 0.250. The molecule has 0 atom stereocenters. The Hall–Kier alpha value is -1.49. The van der Waals surface area contributed by atoms with Gasteiger partial charge >= 0.3 is 0 Å². The van der Waals surface area contributed by atoms with Crippen LogP contribution in [0.15, 0.2) is 33.7 Å². The third kappa shape index (κ3) is 2.15. The minimum atomic E-state index is 0.472. The average Bonchev–Trinajstić information content (AvgIpc) is 2.64. The van der Waals surface area contributed by atoms with Crippen LogP contribution in [0.2, 0.25) is 0 Å². The van der Waals surface area contributed by atoms with Gasteiger partial charge in [-0.3, -0.25) is 0 Å². The summed E-state index contributed by atoms with van der Waals surface area (Å²) in [6.07, 6.45) is 2.50. The summed E-state index contributed by atoms with van der Waals surface area (Å²) in [7, 11) is 0. The van der Waals surface area contributed by atoms with Crippen LogP contribution in [0.5, 0.6) is 11.5 Å². The van der Waals surface area contributed by atoms with Crippen LogP contribution in [-0.2, 0) is 0 Å². The summed E-state index contributed by atoms with van der Waals surface area (Å²) in [5.41, 5.74) is 1.72. The van der Waals surface area contributed by atoms with Crippen molar-refractivity contribution in [3.63, 3.8) is 0 Å². The van der Waals surface area contributed by atoms with Gasteiger partial charge in [0.15, 0.2) is 11.5 Å². The van der Waals surface area contributed by atoms with Gasteiger partial charge in [-0.25, -0.2) is 4.98 Å². The van der Waals surface area contributed by atoms with Gasteiger partial charge < -0.3 is 13.9 Å². The van der Waals surface area contributed by atoms with Crippen molar-refractivity contribution < 1.29 is 13.9 Å². The first kappa shape index (κ1) is 10.7. The van der Waals surface area contributed by atoms with Gasteiger partial charge in [0.2, 0.25) is 0 Å². The Bertz CT molecular complexity index is 538. The number of nitrogens with zero attached hydrogens (tertiary/aromatic N) is 1. The number of fused-ring (bicyclic) bond motifs is 1. The fourth-order valence-electron chi connectivity index (χ4n) is 1.71. The number of rotatable bonds is 1.